The number of carbonyl (C=O) groups excluding carboxylic acids is 2. The highest BCUT2D eigenvalue weighted by atomic mass is 35.5. The second-order valence-electron chi connectivity index (χ2n) is 7.70. The van der Waals surface area contributed by atoms with Gasteiger partial charge < -0.3 is 10.1 Å². The summed E-state index contributed by atoms with van der Waals surface area (Å²) in [6, 6.07) is 14.1. The lowest BCUT2D eigenvalue weighted by Gasteiger charge is -2.14. The molecule has 0 radical (unpaired) electrons. The van der Waals surface area contributed by atoms with E-state index < -0.39 is 21.9 Å². The summed E-state index contributed by atoms with van der Waals surface area (Å²) >= 11 is 6.19. The third kappa shape index (κ3) is 5.58. The van der Waals surface area contributed by atoms with Gasteiger partial charge in [0.15, 0.2) is 0 Å². The molecule has 9 heteroatoms. The number of amides is 1. The van der Waals surface area contributed by atoms with Crippen LogP contribution in [0.2, 0.25) is 5.02 Å². The number of nitrogens with one attached hydrogen (secondary N) is 2. The molecule has 1 amide bonds. The Balaban J connectivity index is 1.90. The number of rotatable bonds is 7. The molecule has 0 spiro atoms. The Hall–Kier alpha value is -3.36. The number of benzene rings is 3. The van der Waals surface area contributed by atoms with Gasteiger partial charge in [-0.25, -0.2) is 13.2 Å². The standard InChI is InChI=1S/C25H25ClN2O5S/c1-5-33-25(30)19-10-9-16(3)22(13-19)27-24(29)18-11-12-20(26)23(14-18)34(31,32)28-21-8-6-7-15(2)17(21)4/h6-14,28H,5H2,1-4H3,(H,27,29). The monoisotopic (exact) mass is 500 g/mol. The molecule has 178 valence electrons. The van der Waals surface area contributed by atoms with Gasteiger partial charge in [-0.05, 0) is 80.8 Å². The van der Waals surface area contributed by atoms with E-state index >= 15 is 0 Å². The molecular formula is C25H25ClN2O5S. The minimum absolute atomic E-state index is 0.0187. The number of aryl methyl sites for hydroxylation is 2. The summed E-state index contributed by atoms with van der Waals surface area (Å²) < 4.78 is 33.7. The minimum Gasteiger partial charge on any atom is -0.462 e. The van der Waals surface area contributed by atoms with E-state index in [1.54, 1.807) is 38.1 Å². The molecule has 0 unspecified atom stereocenters. The van der Waals surface area contributed by atoms with Gasteiger partial charge in [0.05, 0.1) is 22.9 Å². The number of esters is 1. The maximum absolute atomic E-state index is 13.1. The van der Waals surface area contributed by atoms with Crippen molar-refractivity contribution in [1.82, 2.24) is 0 Å². The van der Waals surface area contributed by atoms with Crippen molar-refractivity contribution >= 4 is 44.9 Å². The summed E-state index contributed by atoms with van der Waals surface area (Å²) in [6.45, 7) is 7.40. The Morgan fingerprint density at radius 3 is 2.32 bits per heavy atom. The first-order valence-electron chi connectivity index (χ1n) is 10.5. The first-order valence-corrected chi connectivity index (χ1v) is 12.4. The normalized spacial score (nSPS) is 11.1. The van der Waals surface area contributed by atoms with Crippen LogP contribution in [0.3, 0.4) is 0 Å². The highest BCUT2D eigenvalue weighted by Gasteiger charge is 2.22. The number of sulfonamides is 1. The van der Waals surface area contributed by atoms with Crippen LogP contribution in [0.15, 0.2) is 59.5 Å². The number of hydrogen-bond donors (Lipinski definition) is 2. The molecule has 3 aromatic carbocycles. The van der Waals surface area contributed by atoms with Crippen molar-refractivity contribution in [2.75, 3.05) is 16.6 Å². The SMILES string of the molecule is CCOC(=O)c1ccc(C)c(NC(=O)c2ccc(Cl)c(S(=O)(=O)Nc3cccc(C)c3C)c2)c1. The van der Waals surface area contributed by atoms with Gasteiger partial charge >= 0.3 is 5.97 Å². The van der Waals surface area contributed by atoms with Crippen LogP contribution in [0.5, 0.6) is 0 Å². The predicted molar refractivity (Wildman–Crippen MR) is 133 cm³/mol. The van der Waals surface area contributed by atoms with E-state index in [4.69, 9.17) is 16.3 Å². The second kappa shape index (κ2) is 10.3. The van der Waals surface area contributed by atoms with E-state index in [0.717, 1.165) is 16.7 Å². The lowest BCUT2D eigenvalue weighted by atomic mass is 10.1. The van der Waals surface area contributed by atoms with Crippen LogP contribution in [-0.2, 0) is 14.8 Å². The summed E-state index contributed by atoms with van der Waals surface area (Å²) in [5, 5.41) is 2.70. The van der Waals surface area contributed by atoms with Crippen molar-refractivity contribution in [2.24, 2.45) is 0 Å². The molecule has 0 saturated heterocycles. The maximum Gasteiger partial charge on any atom is 0.338 e. The highest BCUT2D eigenvalue weighted by molar-refractivity contribution is 7.92. The Bertz CT molecular complexity index is 1370. The first-order chi connectivity index (χ1) is 16.0. The Morgan fingerprint density at radius 2 is 1.62 bits per heavy atom. The van der Waals surface area contributed by atoms with Gasteiger partial charge in [0.2, 0.25) is 0 Å². The maximum atomic E-state index is 13.1. The molecule has 0 saturated carbocycles. The summed E-state index contributed by atoms with van der Waals surface area (Å²) in [5.41, 5.74) is 3.65. The van der Waals surface area contributed by atoms with Crippen molar-refractivity contribution in [3.05, 3.63) is 87.4 Å². The number of anilines is 2. The summed E-state index contributed by atoms with van der Waals surface area (Å²) in [5.74, 6) is -1.06. The fourth-order valence-electron chi connectivity index (χ4n) is 3.20. The first kappa shape index (κ1) is 25.3. The summed E-state index contributed by atoms with van der Waals surface area (Å²) in [6.07, 6.45) is 0. The van der Waals surface area contributed by atoms with E-state index in [-0.39, 0.29) is 22.1 Å². The van der Waals surface area contributed by atoms with Crippen LogP contribution in [0.4, 0.5) is 11.4 Å². The van der Waals surface area contributed by atoms with E-state index in [2.05, 4.69) is 10.0 Å². The molecular weight excluding hydrogens is 476 g/mol. The number of ether oxygens (including phenoxy) is 1. The minimum atomic E-state index is -4.07. The molecule has 7 nitrogen and oxygen atoms in total. The average molecular weight is 501 g/mol. The fraction of sp³-hybridized carbons (Fsp3) is 0.200. The van der Waals surface area contributed by atoms with Gasteiger partial charge in [-0.1, -0.05) is 29.8 Å². The molecule has 0 fully saturated rings. The fourth-order valence-corrected chi connectivity index (χ4v) is 4.85. The molecule has 34 heavy (non-hydrogen) atoms. The lowest BCUT2D eigenvalue weighted by Crippen LogP contribution is -2.17. The largest absolute Gasteiger partial charge is 0.462 e. The van der Waals surface area contributed by atoms with Crippen LogP contribution in [0.25, 0.3) is 0 Å². The molecule has 2 N–H and O–H groups in total. The van der Waals surface area contributed by atoms with Gasteiger partial charge in [0, 0.05) is 11.3 Å². The lowest BCUT2D eigenvalue weighted by molar-refractivity contribution is 0.0526. The smallest absolute Gasteiger partial charge is 0.338 e. The topological polar surface area (TPSA) is 102 Å². The van der Waals surface area contributed by atoms with Crippen LogP contribution >= 0.6 is 11.6 Å². The number of carbonyl (C=O) groups is 2. The van der Waals surface area contributed by atoms with Gasteiger partial charge in [-0.15, -0.1) is 0 Å². The van der Waals surface area contributed by atoms with Crippen molar-refractivity contribution in [3.8, 4) is 0 Å². The zero-order chi connectivity index (χ0) is 25.0. The van der Waals surface area contributed by atoms with E-state index in [0.29, 0.717) is 16.9 Å². The van der Waals surface area contributed by atoms with Crippen LogP contribution < -0.4 is 10.0 Å². The zero-order valence-corrected chi connectivity index (χ0v) is 20.8. The zero-order valence-electron chi connectivity index (χ0n) is 19.2. The molecule has 0 aliphatic rings. The Morgan fingerprint density at radius 1 is 0.912 bits per heavy atom. The molecule has 0 atom stereocenters. The predicted octanol–water partition coefficient (Wildman–Crippen LogP) is 5.50. The third-order valence-electron chi connectivity index (χ3n) is 5.33. The van der Waals surface area contributed by atoms with Gasteiger partial charge in [0.1, 0.15) is 4.90 Å². The summed E-state index contributed by atoms with van der Waals surface area (Å²) in [4.78, 5) is 24.7. The third-order valence-corrected chi connectivity index (χ3v) is 7.18. The van der Waals surface area contributed by atoms with Crippen LogP contribution in [0, 0.1) is 20.8 Å². The average Bonchev–Trinajstić information content (AvgIpc) is 2.78. The highest BCUT2D eigenvalue weighted by Crippen LogP contribution is 2.28. The molecule has 0 bridgehead atoms. The van der Waals surface area contributed by atoms with Crippen LogP contribution in [0.1, 0.15) is 44.3 Å². The summed E-state index contributed by atoms with van der Waals surface area (Å²) in [7, 11) is -4.07. The van der Waals surface area contributed by atoms with Crippen molar-refractivity contribution in [2.45, 2.75) is 32.6 Å². The quantitative estimate of drug-likeness (QED) is 0.417. The molecule has 3 aromatic rings. The second-order valence-corrected chi connectivity index (χ2v) is 9.76. The number of hydrogen-bond acceptors (Lipinski definition) is 5. The number of halogens is 1. The molecule has 0 aliphatic carbocycles. The molecule has 0 heterocycles. The molecule has 3 rings (SSSR count). The van der Waals surface area contributed by atoms with Crippen molar-refractivity contribution in [1.29, 1.82) is 0 Å². The van der Waals surface area contributed by atoms with E-state index in [1.165, 1.54) is 24.3 Å². The van der Waals surface area contributed by atoms with Crippen molar-refractivity contribution < 1.29 is 22.7 Å². The van der Waals surface area contributed by atoms with E-state index in [1.807, 2.05) is 19.9 Å². The Kier molecular flexibility index (Phi) is 7.64. The van der Waals surface area contributed by atoms with Crippen molar-refractivity contribution in [3.63, 3.8) is 0 Å². The van der Waals surface area contributed by atoms with Gasteiger partial charge in [-0.3, -0.25) is 9.52 Å². The van der Waals surface area contributed by atoms with Crippen LogP contribution in [-0.4, -0.2) is 26.9 Å². The van der Waals surface area contributed by atoms with Gasteiger partial charge in [-0.2, -0.15) is 0 Å². The molecule has 0 aromatic heterocycles. The Labute approximate surface area is 204 Å². The molecule has 0 aliphatic heterocycles. The van der Waals surface area contributed by atoms with Gasteiger partial charge in [0.25, 0.3) is 15.9 Å². The van der Waals surface area contributed by atoms with E-state index in [9.17, 15) is 18.0 Å².